The third-order valence-corrected chi connectivity index (χ3v) is 5.50. The Kier molecular flexibility index (Phi) is 11.9. The number of esters is 1. The summed E-state index contributed by atoms with van der Waals surface area (Å²) in [7, 11) is -1.03. The maximum Gasteiger partial charge on any atom is 0.341 e. The maximum atomic E-state index is 12.4. The summed E-state index contributed by atoms with van der Waals surface area (Å²) in [5, 5.41) is 3.28. The average Bonchev–Trinajstić information content (AvgIpc) is 2.65. The van der Waals surface area contributed by atoms with Crippen molar-refractivity contribution in [2.24, 2.45) is 0 Å². The molecule has 8 nitrogen and oxygen atoms in total. The van der Waals surface area contributed by atoms with E-state index in [2.05, 4.69) is 19.7 Å². The van der Waals surface area contributed by atoms with Crippen LogP contribution in [0, 0.1) is 0 Å². The molecule has 1 saturated heterocycles. The molecule has 0 aliphatic carbocycles. The largest absolute Gasteiger partial charge is 0.496 e. The molecule has 0 saturated carbocycles. The highest BCUT2D eigenvalue weighted by atomic mass is 35.5. The zero-order valence-corrected chi connectivity index (χ0v) is 17.8. The number of hydrogen-bond donors (Lipinski definition) is 2. The third kappa shape index (κ3) is 7.44. The van der Waals surface area contributed by atoms with Crippen LogP contribution in [0.4, 0.5) is 0 Å². The lowest BCUT2D eigenvalue weighted by Crippen LogP contribution is -2.44. The number of methoxy groups -OCH3 is 2. The summed E-state index contributed by atoms with van der Waals surface area (Å²) >= 11 is 0. The Morgan fingerprint density at radius 2 is 1.89 bits per heavy atom. The Morgan fingerprint density at radius 1 is 1.22 bits per heavy atom. The zero-order chi connectivity index (χ0) is 18.3. The standard InChI is InChI=1S/C16H25N3O5S.2ClH/c1-23-15-12-13(4-5-14(15)16(20)24-2)25(21,22)18-6-3-9-19-10-7-17-8-11-19;;/h4-5,12,17-18H,3,6-11H2,1-2H3;2*1H. The maximum absolute atomic E-state index is 12.4. The van der Waals surface area contributed by atoms with Crippen LogP contribution in [0.15, 0.2) is 23.1 Å². The number of ether oxygens (including phenoxy) is 2. The van der Waals surface area contributed by atoms with Crippen molar-refractivity contribution in [3.05, 3.63) is 23.8 Å². The number of halogens is 2. The van der Waals surface area contributed by atoms with E-state index in [1.165, 1.54) is 32.4 Å². The summed E-state index contributed by atoms with van der Waals surface area (Å²) in [4.78, 5) is 14.0. The highest BCUT2D eigenvalue weighted by Crippen LogP contribution is 2.23. The van der Waals surface area contributed by atoms with Gasteiger partial charge in [-0.1, -0.05) is 0 Å². The number of rotatable bonds is 8. The molecular weight excluding hydrogens is 417 g/mol. The number of carbonyl (C=O) groups is 1. The summed E-state index contributed by atoms with van der Waals surface area (Å²) in [6.45, 7) is 5.12. The van der Waals surface area contributed by atoms with Crippen LogP contribution < -0.4 is 14.8 Å². The quantitative estimate of drug-likeness (QED) is 0.454. The van der Waals surface area contributed by atoms with Crippen LogP contribution in [0.1, 0.15) is 16.8 Å². The Labute approximate surface area is 172 Å². The minimum absolute atomic E-state index is 0. The SMILES string of the molecule is COC(=O)c1ccc(S(=O)(=O)NCCCN2CCNCC2)cc1OC.Cl.Cl. The van der Waals surface area contributed by atoms with Crippen LogP contribution in [0.3, 0.4) is 0 Å². The van der Waals surface area contributed by atoms with Gasteiger partial charge in [0, 0.05) is 38.8 Å². The van der Waals surface area contributed by atoms with Crippen molar-refractivity contribution in [1.82, 2.24) is 14.9 Å². The summed E-state index contributed by atoms with van der Waals surface area (Å²) in [6.07, 6.45) is 0.733. The monoisotopic (exact) mass is 443 g/mol. The smallest absolute Gasteiger partial charge is 0.341 e. The predicted octanol–water partition coefficient (Wildman–Crippen LogP) is 0.899. The predicted molar refractivity (Wildman–Crippen MR) is 108 cm³/mol. The zero-order valence-electron chi connectivity index (χ0n) is 15.4. The van der Waals surface area contributed by atoms with Crippen molar-refractivity contribution in [1.29, 1.82) is 0 Å². The molecule has 0 radical (unpaired) electrons. The lowest BCUT2D eigenvalue weighted by atomic mass is 10.2. The number of benzene rings is 1. The molecule has 0 amide bonds. The van der Waals surface area contributed by atoms with Crippen molar-refractivity contribution in [3.8, 4) is 5.75 Å². The highest BCUT2D eigenvalue weighted by Gasteiger charge is 2.19. The second kappa shape index (κ2) is 12.4. The van der Waals surface area contributed by atoms with E-state index in [0.29, 0.717) is 6.54 Å². The highest BCUT2D eigenvalue weighted by molar-refractivity contribution is 7.89. The number of nitrogens with zero attached hydrogens (tertiary/aromatic N) is 1. The van der Waals surface area contributed by atoms with Crippen LogP contribution in [-0.2, 0) is 14.8 Å². The first-order valence-electron chi connectivity index (χ1n) is 8.17. The molecule has 11 heteroatoms. The molecule has 1 aliphatic heterocycles. The summed E-state index contributed by atoms with van der Waals surface area (Å²) in [6, 6.07) is 4.08. The molecule has 2 rings (SSSR count). The molecule has 1 aromatic carbocycles. The van der Waals surface area contributed by atoms with Gasteiger partial charge in [-0.15, -0.1) is 24.8 Å². The van der Waals surface area contributed by atoms with E-state index in [9.17, 15) is 13.2 Å². The van der Waals surface area contributed by atoms with Crippen LogP contribution in [-0.4, -0.2) is 72.8 Å². The van der Waals surface area contributed by atoms with Gasteiger partial charge in [0.1, 0.15) is 11.3 Å². The molecule has 0 spiro atoms. The lowest BCUT2D eigenvalue weighted by molar-refractivity contribution is 0.0597. The van der Waals surface area contributed by atoms with Gasteiger partial charge in [-0.2, -0.15) is 0 Å². The molecule has 156 valence electrons. The second-order valence-electron chi connectivity index (χ2n) is 5.70. The first kappa shape index (κ1) is 25.9. The van der Waals surface area contributed by atoms with Gasteiger partial charge in [0.25, 0.3) is 0 Å². The van der Waals surface area contributed by atoms with Crippen LogP contribution in [0.25, 0.3) is 0 Å². The van der Waals surface area contributed by atoms with Crippen molar-refractivity contribution in [3.63, 3.8) is 0 Å². The van der Waals surface area contributed by atoms with Gasteiger partial charge in [-0.05, 0) is 25.1 Å². The van der Waals surface area contributed by atoms with E-state index in [0.717, 1.165) is 39.1 Å². The van der Waals surface area contributed by atoms with E-state index in [1.807, 2.05) is 0 Å². The van der Waals surface area contributed by atoms with E-state index in [-0.39, 0.29) is 41.0 Å². The Balaban J connectivity index is 0.00000338. The van der Waals surface area contributed by atoms with Crippen molar-refractivity contribution < 1.29 is 22.7 Å². The molecule has 1 heterocycles. The average molecular weight is 444 g/mol. The van der Waals surface area contributed by atoms with Crippen LogP contribution in [0.2, 0.25) is 0 Å². The van der Waals surface area contributed by atoms with E-state index >= 15 is 0 Å². The van der Waals surface area contributed by atoms with Gasteiger partial charge in [-0.25, -0.2) is 17.9 Å². The first-order valence-corrected chi connectivity index (χ1v) is 9.65. The van der Waals surface area contributed by atoms with Crippen LogP contribution >= 0.6 is 24.8 Å². The van der Waals surface area contributed by atoms with Gasteiger partial charge >= 0.3 is 5.97 Å². The molecule has 27 heavy (non-hydrogen) atoms. The van der Waals surface area contributed by atoms with Crippen molar-refractivity contribution in [2.75, 3.05) is 53.5 Å². The van der Waals surface area contributed by atoms with Gasteiger partial charge in [0.05, 0.1) is 19.1 Å². The molecule has 0 unspecified atom stereocenters. The molecule has 0 bridgehead atoms. The minimum atomic E-state index is -3.66. The summed E-state index contributed by atoms with van der Waals surface area (Å²) in [5.74, 6) is -0.416. The number of piperazine rings is 1. The number of nitrogens with one attached hydrogen (secondary N) is 2. The first-order chi connectivity index (χ1) is 12.0. The number of carbonyl (C=O) groups excluding carboxylic acids is 1. The fourth-order valence-corrected chi connectivity index (χ4v) is 3.73. The van der Waals surface area contributed by atoms with Crippen molar-refractivity contribution >= 4 is 40.8 Å². The molecular formula is C16H27Cl2N3O5S. The third-order valence-electron chi connectivity index (χ3n) is 4.04. The van der Waals surface area contributed by atoms with E-state index < -0.39 is 16.0 Å². The van der Waals surface area contributed by atoms with Gasteiger partial charge in [0.2, 0.25) is 10.0 Å². The second-order valence-corrected chi connectivity index (χ2v) is 7.46. The Bertz CT molecular complexity index is 697. The molecule has 1 aliphatic rings. The topological polar surface area (TPSA) is 97.0 Å². The van der Waals surface area contributed by atoms with Gasteiger partial charge in [0.15, 0.2) is 0 Å². The number of hydrogen-bond acceptors (Lipinski definition) is 7. The summed E-state index contributed by atoms with van der Waals surface area (Å²) in [5.41, 5.74) is 0.183. The molecule has 1 fully saturated rings. The van der Waals surface area contributed by atoms with Gasteiger partial charge in [-0.3, -0.25) is 0 Å². The van der Waals surface area contributed by atoms with Crippen molar-refractivity contribution in [2.45, 2.75) is 11.3 Å². The normalized spacial score (nSPS) is 14.6. The minimum Gasteiger partial charge on any atom is -0.496 e. The molecule has 2 N–H and O–H groups in total. The van der Waals surface area contributed by atoms with Gasteiger partial charge < -0.3 is 19.7 Å². The lowest BCUT2D eigenvalue weighted by Gasteiger charge is -2.27. The van der Waals surface area contributed by atoms with Crippen LogP contribution in [0.5, 0.6) is 5.75 Å². The fraction of sp³-hybridized carbons (Fsp3) is 0.562. The Hall–Kier alpha value is -1.10. The fourth-order valence-electron chi connectivity index (χ4n) is 2.64. The summed E-state index contributed by atoms with van der Waals surface area (Å²) < 4.78 is 37.1. The Morgan fingerprint density at radius 3 is 2.48 bits per heavy atom. The number of sulfonamides is 1. The van der Waals surface area contributed by atoms with E-state index in [4.69, 9.17) is 4.74 Å². The molecule has 1 aromatic rings. The molecule has 0 aromatic heterocycles. The van der Waals surface area contributed by atoms with E-state index in [1.54, 1.807) is 0 Å². The molecule has 0 atom stereocenters.